The molecular weight excluding hydrogens is 229 g/mol. The normalized spacial score (nSPS) is 43.7. The van der Waals surface area contributed by atoms with Crippen LogP contribution in [0.3, 0.4) is 0 Å². The second-order valence-corrected chi connectivity index (χ2v) is 6.89. The molecule has 0 amide bonds. The number of alkyl halides is 3. The van der Waals surface area contributed by atoms with Gasteiger partial charge in [0, 0.05) is 10.7 Å². The van der Waals surface area contributed by atoms with Gasteiger partial charge in [0.05, 0.1) is 10.2 Å². The summed E-state index contributed by atoms with van der Waals surface area (Å²) in [5, 5.41) is 0. The van der Waals surface area contributed by atoms with Gasteiger partial charge >= 0.3 is 6.18 Å². The molecule has 0 radical (unpaired) electrons. The molecule has 2 bridgehead atoms. The highest BCUT2D eigenvalue weighted by Gasteiger charge is 2.82. The molecule has 7 heteroatoms. The van der Waals surface area contributed by atoms with E-state index in [0.29, 0.717) is 0 Å². The van der Waals surface area contributed by atoms with Crippen LogP contribution in [-0.4, -0.2) is 19.3 Å². The first-order valence-corrected chi connectivity index (χ1v) is 5.94. The van der Waals surface area contributed by atoms with Crippen molar-refractivity contribution >= 4 is 19.7 Å². The lowest BCUT2D eigenvalue weighted by molar-refractivity contribution is -0.314. The van der Waals surface area contributed by atoms with Gasteiger partial charge in [-0.05, 0) is 19.3 Å². The summed E-state index contributed by atoms with van der Waals surface area (Å²) in [6.07, 6.45) is -5.34. The Morgan fingerprint density at radius 1 is 1.15 bits per heavy atom. The van der Waals surface area contributed by atoms with E-state index in [1.165, 1.54) is 0 Å². The van der Waals surface area contributed by atoms with E-state index in [1.54, 1.807) is 0 Å². The van der Waals surface area contributed by atoms with E-state index in [2.05, 4.69) is 0 Å². The molecule has 76 valence electrons. The summed E-state index contributed by atoms with van der Waals surface area (Å²) in [6.45, 7) is 0. The van der Waals surface area contributed by atoms with Crippen molar-refractivity contribution in [3.8, 4) is 0 Å². The first kappa shape index (κ1) is 9.58. The number of hydrogen-bond acceptors (Lipinski definition) is 2. The summed E-state index contributed by atoms with van der Waals surface area (Å²) in [7, 11) is 1.21. The molecule has 0 atom stereocenters. The average Bonchev–Trinajstić information content (AvgIpc) is 1.41. The van der Waals surface area contributed by atoms with Gasteiger partial charge in [-0.3, -0.25) is 0 Å². The lowest BCUT2D eigenvalue weighted by atomic mass is 9.43. The van der Waals surface area contributed by atoms with E-state index in [-0.39, 0.29) is 19.3 Å². The van der Waals surface area contributed by atoms with Gasteiger partial charge in [0.15, 0.2) is 0 Å². The molecule has 3 aliphatic carbocycles. The third-order valence-corrected chi connectivity index (χ3v) is 5.55. The van der Waals surface area contributed by atoms with Crippen molar-refractivity contribution in [2.75, 3.05) is 0 Å². The molecule has 0 N–H and O–H groups in total. The minimum atomic E-state index is -4.28. The van der Waals surface area contributed by atoms with Crippen LogP contribution in [0.25, 0.3) is 0 Å². The zero-order chi connectivity index (χ0) is 10.1. The van der Waals surface area contributed by atoms with Gasteiger partial charge in [0.25, 0.3) is 0 Å². The molecule has 3 rings (SSSR count). The van der Waals surface area contributed by atoms with Gasteiger partial charge in [-0.1, -0.05) is 0 Å². The topological polar surface area (TPSA) is 34.1 Å². The van der Waals surface area contributed by atoms with Crippen molar-refractivity contribution in [1.29, 1.82) is 0 Å². The van der Waals surface area contributed by atoms with E-state index in [1.807, 2.05) is 0 Å². The monoisotopic (exact) mass is 234 g/mol. The molecular formula is C6H6ClF3O2S. The predicted molar refractivity (Wildman–Crippen MR) is 39.8 cm³/mol. The Morgan fingerprint density at radius 2 is 1.54 bits per heavy atom. The molecule has 0 heterocycles. The molecule has 3 aliphatic rings. The van der Waals surface area contributed by atoms with Crippen molar-refractivity contribution < 1.29 is 21.6 Å². The Bertz CT molecular complexity index is 339. The molecule has 3 saturated carbocycles. The molecule has 0 aromatic carbocycles. The fourth-order valence-corrected chi connectivity index (χ4v) is 4.09. The van der Waals surface area contributed by atoms with Crippen molar-refractivity contribution in [3.05, 3.63) is 0 Å². The van der Waals surface area contributed by atoms with Crippen molar-refractivity contribution in [1.82, 2.24) is 0 Å². The number of rotatable bonds is 1. The summed E-state index contributed by atoms with van der Waals surface area (Å²) in [4.78, 5) is 0. The third-order valence-electron chi connectivity index (χ3n) is 3.10. The van der Waals surface area contributed by atoms with Crippen LogP contribution < -0.4 is 0 Å². The van der Waals surface area contributed by atoms with Crippen LogP contribution in [0.1, 0.15) is 19.3 Å². The fraction of sp³-hybridized carbons (Fsp3) is 1.00. The van der Waals surface area contributed by atoms with Crippen molar-refractivity contribution in [3.63, 3.8) is 0 Å². The first-order chi connectivity index (χ1) is 5.62. The molecule has 0 aromatic heterocycles. The molecule has 2 nitrogen and oxygen atoms in total. The summed E-state index contributed by atoms with van der Waals surface area (Å²) >= 11 is 0. The van der Waals surface area contributed by atoms with E-state index in [9.17, 15) is 21.6 Å². The lowest BCUT2D eigenvalue weighted by Gasteiger charge is -2.68. The van der Waals surface area contributed by atoms with Gasteiger partial charge in [-0.25, -0.2) is 8.42 Å². The molecule has 0 saturated heterocycles. The van der Waals surface area contributed by atoms with Crippen LogP contribution in [-0.2, 0) is 9.05 Å². The molecule has 0 aromatic rings. The van der Waals surface area contributed by atoms with Crippen LogP contribution in [0.5, 0.6) is 0 Å². The Morgan fingerprint density at radius 3 is 1.77 bits per heavy atom. The lowest BCUT2D eigenvalue weighted by Crippen LogP contribution is -2.74. The largest absolute Gasteiger partial charge is 0.394 e. The number of halogens is 4. The average molecular weight is 235 g/mol. The van der Waals surface area contributed by atoms with Crippen molar-refractivity contribution in [2.24, 2.45) is 5.41 Å². The Kier molecular flexibility index (Phi) is 1.48. The predicted octanol–water partition coefficient (Wildman–Crippen LogP) is 2.04. The standard InChI is InChI=1S/C6H6ClF3O2S/c7-13(11,12)5-1-4(2-5,3-5)6(8,9)10/h1-3H2. The maximum Gasteiger partial charge on any atom is 0.394 e. The quantitative estimate of drug-likeness (QED) is 0.651. The number of hydrogen-bond donors (Lipinski definition) is 0. The molecule has 3 fully saturated rings. The third kappa shape index (κ3) is 0.932. The maximum atomic E-state index is 12.2. The van der Waals surface area contributed by atoms with Crippen molar-refractivity contribution in [2.45, 2.75) is 30.2 Å². The fourth-order valence-electron chi connectivity index (χ4n) is 2.25. The summed E-state index contributed by atoms with van der Waals surface area (Å²) < 4.78 is 57.2. The molecule has 0 spiro atoms. The maximum absolute atomic E-state index is 12.2. The Labute approximate surface area is 77.5 Å². The highest BCUT2D eigenvalue weighted by Crippen LogP contribution is 2.76. The van der Waals surface area contributed by atoms with Crippen LogP contribution in [0.2, 0.25) is 0 Å². The minimum Gasteiger partial charge on any atom is -0.212 e. The summed E-state index contributed by atoms with van der Waals surface area (Å²) in [5.41, 5.74) is -1.74. The first-order valence-electron chi connectivity index (χ1n) is 3.63. The second kappa shape index (κ2) is 2.00. The van der Waals surface area contributed by atoms with E-state index >= 15 is 0 Å². The highest BCUT2D eigenvalue weighted by molar-refractivity contribution is 8.15. The smallest absolute Gasteiger partial charge is 0.212 e. The second-order valence-electron chi connectivity index (χ2n) is 3.93. The van der Waals surface area contributed by atoms with Gasteiger partial charge in [-0.15, -0.1) is 0 Å². The van der Waals surface area contributed by atoms with Crippen LogP contribution in [0.15, 0.2) is 0 Å². The summed E-state index contributed by atoms with van der Waals surface area (Å²) in [6, 6.07) is 0. The Balaban J connectivity index is 2.18. The van der Waals surface area contributed by atoms with E-state index in [4.69, 9.17) is 10.7 Å². The van der Waals surface area contributed by atoms with Gasteiger partial charge in [-0.2, -0.15) is 13.2 Å². The molecule has 0 aliphatic heterocycles. The van der Waals surface area contributed by atoms with Crippen LogP contribution in [0.4, 0.5) is 13.2 Å². The van der Waals surface area contributed by atoms with Crippen LogP contribution in [0, 0.1) is 5.41 Å². The highest BCUT2D eigenvalue weighted by atomic mass is 35.7. The molecule has 13 heavy (non-hydrogen) atoms. The zero-order valence-electron chi connectivity index (χ0n) is 6.36. The SMILES string of the molecule is O=S(=O)(Cl)C12CC(C(F)(F)F)(C1)C2. The van der Waals surface area contributed by atoms with E-state index in [0.717, 1.165) is 0 Å². The minimum absolute atomic E-state index is 0.352. The van der Waals surface area contributed by atoms with Gasteiger partial charge < -0.3 is 0 Å². The molecule has 0 unspecified atom stereocenters. The zero-order valence-corrected chi connectivity index (χ0v) is 7.93. The van der Waals surface area contributed by atoms with E-state index < -0.39 is 25.4 Å². The summed E-state index contributed by atoms with van der Waals surface area (Å²) in [5.74, 6) is 0. The van der Waals surface area contributed by atoms with Gasteiger partial charge in [0.2, 0.25) is 9.05 Å². The Hall–Kier alpha value is 0.0300. The van der Waals surface area contributed by atoms with Crippen LogP contribution >= 0.6 is 10.7 Å². The van der Waals surface area contributed by atoms with Gasteiger partial charge in [0.1, 0.15) is 0 Å².